The van der Waals surface area contributed by atoms with Crippen LogP contribution in [0.5, 0.6) is 0 Å². The summed E-state index contributed by atoms with van der Waals surface area (Å²) in [5.74, 6) is 4.49. The molecule has 2 fully saturated rings. The summed E-state index contributed by atoms with van der Waals surface area (Å²) in [5, 5.41) is 0. The van der Waals surface area contributed by atoms with Crippen LogP contribution in [0.4, 0.5) is 8.78 Å². The van der Waals surface area contributed by atoms with Gasteiger partial charge in [0.15, 0.2) is 0 Å². The van der Waals surface area contributed by atoms with E-state index in [1.807, 2.05) is 0 Å². The number of nitrogens with zero attached hydrogens (tertiary/aromatic N) is 1. The number of benzene rings is 1. The van der Waals surface area contributed by atoms with E-state index in [9.17, 15) is 13.6 Å². The molecule has 4 atom stereocenters. The topological polar surface area (TPSA) is 29.5 Å². The molecule has 0 aromatic heterocycles. The Hall–Kier alpha value is -1.64. The maximum absolute atomic E-state index is 13.2. The third-order valence-corrected chi connectivity index (χ3v) is 5.29. The monoisotopic (exact) mass is 369 g/mol. The van der Waals surface area contributed by atoms with Gasteiger partial charge in [-0.25, -0.2) is 8.78 Å². The summed E-state index contributed by atoms with van der Waals surface area (Å²) in [4.78, 5) is 14.7. The van der Waals surface area contributed by atoms with Crippen LogP contribution in [0.1, 0.15) is 30.7 Å². The van der Waals surface area contributed by atoms with Crippen molar-refractivity contribution in [3.05, 3.63) is 35.6 Å². The Morgan fingerprint density at radius 2 is 2.00 bits per heavy atom. The quantitative estimate of drug-likeness (QED) is 0.604. The molecular weight excluding hydrogens is 348 g/mol. The lowest BCUT2D eigenvalue weighted by Crippen LogP contribution is -2.51. The van der Waals surface area contributed by atoms with E-state index >= 15 is 0 Å². The number of rotatable bonds is 3. The lowest BCUT2D eigenvalue weighted by molar-refractivity contribution is -0.150. The number of alkyl halides is 1. The average molecular weight is 370 g/mol. The second-order valence-electron chi connectivity index (χ2n) is 6.40. The third-order valence-electron chi connectivity index (χ3n) is 5.29. The molecule has 0 spiro atoms. The molecule has 0 unspecified atom stereocenters. The minimum absolute atomic E-state index is 0. The van der Waals surface area contributed by atoms with Crippen molar-refractivity contribution in [3.63, 3.8) is 0 Å². The van der Waals surface area contributed by atoms with E-state index in [0.717, 1.165) is 24.8 Å². The molecule has 0 radical (unpaired) electrons. The van der Waals surface area contributed by atoms with Crippen LogP contribution < -0.4 is 0 Å². The highest BCUT2D eigenvalue weighted by molar-refractivity contribution is 5.85. The Bertz CT molecular complexity index is 656. The molecule has 2 heterocycles. The fourth-order valence-corrected chi connectivity index (χ4v) is 4.26. The van der Waals surface area contributed by atoms with Crippen LogP contribution in [-0.2, 0) is 9.53 Å². The van der Waals surface area contributed by atoms with Crippen LogP contribution in [0.25, 0.3) is 0 Å². The first-order valence-electron chi connectivity index (χ1n) is 8.26. The van der Waals surface area contributed by atoms with Gasteiger partial charge in [-0.2, -0.15) is 0 Å². The third kappa shape index (κ3) is 3.96. The summed E-state index contributed by atoms with van der Waals surface area (Å²) < 4.78 is 30.5. The summed E-state index contributed by atoms with van der Waals surface area (Å²) in [6.45, 7) is -0.176. The highest BCUT2D eigenvalue weighted by atomic mass is 35.5. The highest BCUT2D eigenvalue weighted by Gasteiger charge is 2.50. The molecule has 0 aliphatic carbocycles. The fraction of sp³-hybridized carbons (Fsp3) is 0.526. The van der Waals surface area contributed by atoms with Crippen LogP contribution >= 0.6 is 12.4 Å². The smallest absolute Gasteiger partial charge is 0.310 e. The molecule has 0 N–H and O–H groups in total. The van der Waals surface area contributed by atoms with Crippen LogP contribution in [0.15, 0.2) is 24.3 Å². The number of carbonyl (C=O) groups is 1. The Morgan fingerprint density at radius 3 is 2.64 bits per heavy atom. The van der Waals surface area contributed by atoms with Gasteiger partial charge in [-0.05, 0) is 37.0 Å². The summed E-state index contributed by atoms with van der Waals surface area (Å²) in [6.07, 6.45) is 2.70. The van der Waals surface area contributed by atoms with Gasteiger partial charge in [0.05, 0.1) is 19.6 Å². The summed E-state index contributed by atoms with van der Waals surface area (Å²) in [5.41, 5.74) is 0.971. The van der Waals surface area contributed by atoms with Gasteiger partial charge in [0, 0.05) is 18.0 Å². The van der Waals surface area contributed by atoms with Crippen molar-refractivity contribution < 1.29 is 18.3 Å². The minimum atomic E-state index is -0.651. The summed E-state index contributed by atoms with van der Waals surface area (Å²) in [6, 6.07) is 6.75. The molecule has 1 aromatic rings. The molecule has 2 aliphatic heterocycles. The molecule has 3 rings (SSSR count). The number of ether oxygens (including phenoxy) is 1. The molecule has 2 bridgehead atoms. The molecule has 0 amide bonds. The highest BCUT2D eigenvalue weighted by Crippen LogP contribution is 2.47. The first kappa shape index (κ1) is 19.7. The number of fused-ring (bicyclic) bond motifs is 2. The molecule has 0 saturated carbocycles. The Morgan fingerprint density at radius 1 is 1.28 bits per heavy atom. The van der Waals surface area contributed by atoms with Gasteiger partial charge in [-0.3, -0.25) is 9.69 Å². The molecule has 25 heavy (non-hydrogen) atoms. The van der Waals surface area contributed by atoms with Crippen LogP contribution in [0, 0.1) is 23.6 Å². The van der Waals surface area contributed by atoms with Crippen LogP contribution in [0.2, 0.25) is 0 Å². The van der Waals surface area contributed by atoms with E-state index in [-0.39, 0.29) is 42.1 Å². The molecule has 136 valence electrons. The van der Waals surface area contributed by atoms with E-state index in [2.05, 4.69) is 16.7 Å². The van der Waals surface area contributed by atoms with Crippen LogP contribution in [0.3, 0.4) is 0 Å². The Kier molecular flexibility index (Phi) is 6.80. The van der Waals surface area contributed by atoms with Crippen molar-refractivity contribution in [1.82, 2.24) is 4.90 Å². The Labute approximate surface area is 153 Å². The van der Waals surface area contributed by atoms with Gasteiger partial charge in [0.2, 0.25) is 0 Å². The number of hydrogen-bond donors (Lipinski definition) is 0. The molecule has 3 nitrogen and oxygen atoms in total. The maximum atomic E-state index is 13.2. The number of esters is 1. The molecule has 1 aromatic carbocycles. The second kappa shape index (κ2) is 8.64. The van der Waals surface area contributed by atoms with Crippen molar-refractivity contribution in [2.75, 3.05) is 20.3 Å². The van der Waals surface area contributed by atoms with Gasteiger partial charge in [0.1, 0.15) is 12.5 Å². The fourth-order valence-electron chi connectivity index (χ4n) is 4.26. The molecule has 2 saturated heterocycles. The van der Waals surface area contributed by atoms with Gasteiger partial charge in [-0.1, -0.05) is 24.0 Å². The van der Waals surface area contributed by atoms with Crippen molar-refractivity contribution in [2.24, 2.45) is 5.92 Å². The number of carbonyl (C=O) groups excluding carboxylic acids is 1. The number of piperidine rings is 1. The minimum Gasteiger partial charge on any atom is -0.469 e. The van der Waals surface area contributed by atoms with E-state index < -0.39 is 6.67 Å². The predicted molar refractivity (Wildman–Crippen MR) is 93.8 cm³/mol. The van der Waals surface area contributed by atoms with Crippen molar-refractivity contribution >= 4 is 18.4 Å². The lowest BCUT2D eigenvalue weighted by atomic mass is 9.76. The molecule has 6 heteroatoms. The zero-order valence-electron chi connectivity index (χ0n) is 14.1. The standard InChI is InChI=1S/C19H21F2NO2.ClH/c1-24-19(23)18-16(13-4-6-14(21)7-5-13)12-15-8-9-17(18)22(15)11-3-2-10-20;/h4-7,15-18H,8-12H2,1H3;1H/t15-,16+,17+,18-;/m0./s1. The van der Waals surface area contributed by atoms with Crippen LogP contribution in [-0.4, -0.2) is 43.3 Å². The average Bonchev–Trinajstić information content (AvgIpc) is 2.87. The largest absolute Gasteiger partial charge is 0.469 e. The van der Waals surface area contributed by atoms with E-state index in [1.54, 1.807) is 12.1 Å². The first-order chi connectivity index (χ1) is 11.7. The zero-order valence-corrected chi connectivity index (χ0v) is 14.9. The maximum Gasteiger partial charge on any atom is 0.310 e. The number of hydrogen-bond acceptors (Lipinski definition) is 3. The van der Waals surface area contributed by atoms with Gasteiger partial charge in [-0.15, -0.1) is 12.4 Å². The van der Waals surface area contributed by atoms with Crippen molar-refractivity contribution in [2.45, 2.75) is 37.3 Å². The van der Waals surface area contributed by atoms with Crippen molar-refractivity contribution in [1.29, 1.82) is 0 Å². The number of methoxy groups -OCH3 is 1. The van der Waals surface area contributed by atoms with Gasteiger partial charge >= 0.3 is 5.97 Å². The van der Waals surface area contributed by atoms with E-state index in [4.69, 9.17) is 4.74 Å². The number of halogens is 3. The second-order valence-corrected chi connectivity index (χ2v) is 6.40. The predicted octanol–water partition coefficient (Wildman–Crippen LogP) is 3.33. The van der Waals surface area contributed by atoms with Gasteiger partial charge in [0.25, 0.3) is 0 Å². The normalized spacial score (nSPS) is 27.8. The SMILES string of the molecule is COC(=O)[C@H]1[C@@H](c2ccc(F)cc2)C[C@@H]2CC[C@H]1N2CC#CCF.Cl. The van der Waals surface area contributed by atoms with Crippen molar-refractivity contribution in [3.8, 4) is 11.8 Å². The van der Waals surface area contributed by atoms with Gasteiger partial charge < -0.3 is 4.74 Å². The Balaban J connectivity index is 0.00000225. The summed E-state index contributed by atoms with van der Waals surface area (Å²) in [7, 11) is 1.40. The molecule has 2 aliphatic rings. The van der Waals surface area contributed by atoms with E-state index in [0.29, 0.717) is 12.6 Å². The molecular formula is C19H22ClF2NO2. The lowest BCUT2D eigenvalue weighted by Gasteiger charge is -2.42. The van der Waals surface area contributed by atoms with E-state index in [1.165, 1.54) is 19.2 Å². The first-order valence-corrected chi connectivity index (χ1v) is 8.26. The summed E-state index contributed by atoms with van der Waals surface area (Å²) >= 11 is 0. The zero-order chi connectivity index (χ0) is 17.1.